The highest BCUT2D eigenvalue weighted by atomic mass is 19.1. The molecule has 0 N–H and O–H groups in total. The van der Waals surface area contributed by atoms with Gasteiger partial charge in [-0.15, -0.1) is 0 Å². The highest BCUT2D eigenvalue weighted by Crippen LogP contribution is 2.40. The number of nitrogens with zero attached hydrogens (tertiary/aromatic N) is 2. The van der Waals surface area contributed by atoms with Gasteiger partial charge in [0.05, 0.1) is 17.3 Å². The molecule has 0 fully saturated rings. The number of aromatic nitrogens is 1. The molecular weight excluding hydrogens is 456 g/mol. The van der Waals surface area contributed by atoms with E-state index >= 15 is 0 Å². The fourth-order valence-electron chi connectivity index (χ4n) is 4.66. The van der Waals surface area contributed by atoms with Crippen LogP contribution in [0.4, 0.5) is 4.39 Å². The number of halogens is 1. The summed E-state index contributed by atoms with van der Waals surface area (Å²) in [6.07, 6.45) is 0. The Bertz CT molecular complexity index is 1870. The fraction of sp³-hybridized carbons (Fsp3) is 0. The molecule has 0 bridgehead atoms. The molecule has 0 saturated carbocycles. The first-order valence-electron chi connectivity index (χ1n) is 11.5. The van der Waals surface area contributed by atoms with Crippen molar-refractivity contribution in [2.45, 2.75) is 0 Å². The minimum absolute atomic E-state index is 0.0194. The van der Waals surface area contributed by atoms with Crippen molar-refractivity contribution in [3.05, 3.63) is 96.3 Å². The summed E-state index contributed by atoms with van der Waals surface area (Å²) >= 11 is 0. The second-order valence-electron chi connectivity index (χ2n) is 8.73. The van der Waals surface area contributed by atoms with Crippen LogP contribution in [-0.2, 0) is 0 Å². The lowest BCUT2D eigenvalue weighted by Crippen LogP contribution is -2.38. The van der Waals surface area contributed by atoms with Gasteiger partial charge in [-0.2, -0.15) is 5.26 Å². The highest BCUT2D eigenvalue weighted by molar-refractivity contribution is 6.52. The SMILES string of the molecule is [B]c1nc(-c2cccc3c2oc2c(-c4ccc(-c5ccccc5)cc4)cc(C#N)cc23)c([B])c([B])c1F. The maximum Gasteiger partial charge on any atom is 0.145 e. The molecule has 3 nitrogen and oxygen atoms in total. The molecule has 0 aliphatic heterocycles. The van der Waals surface area contributed by atoms with Crippen LogP contribution in [0.2, 0.25) is 0 Å². The fourth-order valence-corrected chi connectivity index (χ4v) is 4.66. The van der Waals surface area contributed by atoms with Crippen molar-refractivity contribution in [2.24, 2.45) is 0 Å². The number of pyridine rings is 1. The third-order valence-electron chi connectivity index (χ3n) is 6.52. The number of nitriles is 1. The van der Waals surface area contributed by atoms with Gasteiger partial charge in [-0.25, -0.2) is 4.39 Å². The molecule has 2 heterocycles. The predicted octanol–water partition coefficient (Wildman–Crippen LogP) is 4.37. The Morgan fingerprint density at radius 1 is 0.703 bits per heavy atom. The maximum atomic E-state index is 14.2. The first-order chi connectivity index (χ1) is 18.0. The number of hydrogen-bond acceptors (Lipinski definition) is 3. The molecule has 4 aromatic carbocycles. The van der Waals surface area contributed by atoms with Crippen molar-refractivity contribution in [2.75, 3.05) is 0 Å². The summed E-state index contributed by atoms with van der Waals surface area (Å²) < 4.78 is 20.6. The van der Waals surface area contributed by atoms with Crippen LogP contribution in [0.5, 0.6) is 0 Å². The molecule has 0 unspecified atom stereocenters. The van der Waals surface area contributed by atoms with Crippen LogP contribution in [0.15, 0.2) is 89.3 Å². The average molecular weight is 470 g/mol. The minimum atomic E-state index is -0.849. The smallest absolute Gasteiger partial charge is 0.145 e. The average Bonchev–Trinajstić information content (AvgIpc) is 3.33. The van der Waals surface area contributed by atoms with Gasteiger partial charge in [0.1, 0.15) is 40.5 Å². The number of para-hydroxylation sites is 1. The molecule has 6 aromatic rings. The van der Waals surface area contributed by atoms with Gasteiger partial charge >= 0.3 is 0 Å². The topological polar surface area (TPSA) is 49.8 Å². The summed E-state index contributed by atoms with van der Waals surface area (Å²) in [5, 5.41) is 11.3. The number of fused-ring (bicyclic) bond motifs is 3. The van der Waals surface area contributed by atoms with Crippen molar-refractivity contribution in [3.63, 3.8) is 0 Å². The zero-order valence-corrected chi connectivity index (χ0v) is 19.5. The molecule has 0 aliphatic carbocycles. The summed E-state index contributed by atoms with van der Waals surface area (Å²) in [5.74, 6) is -0.849. The van der Waals surface area contributed by atoms with Crippen molar-refractivity contribution >= 4 is 62.0 Å². The Kier molecular flexibility index (Phi) is 5.46. The van der Waals surface area contributed by atoms with Crippen LogP contribution < -0.4 is 16.5 Å². The summed E-state index contributed by atoms with van der Waals surface area (Å²) in [7, 11) is 17.7. The third-order valence-corrected chi connectivity index (χ3v) is 6.52. The van der Waals surface area contributed by atoms with Gasteiger partial charge < -0.3 is 4.42 Å². The lowest BCUT2D eigenvalue weighted by molar-refractivity contribution is 0.641. The number of hydrogen-bond donors (Lipinski definition) is 0. The second kappa shape index (κ2) is 8.83. The number of benzene rings is 4. The Morgan fingerprint density at radius 2 is 1.38 bits per heavy atom. The van der Waals surface area contributed by atoms with E-state index in [0.717, 1.165) is 33.0 Å². The van der Waals surface area contributed by atoms with Crippen molar-refractivity contribution in [1.29, 1.82) is 5.26 Å². The standard InChI is InChI=1S/C30H14B3FN2O/c31-24-25(32)27(36-30(33)26(24)34)21-8-4-7-20-23-14-16(15-35)13-22(29(23)37-28(20)21)19-11-9-18(10-12-19)17-5-2-1-3-6-17/h1-14H. The van der Waals surface area contributed by atoms with Crippen LogP contribution in [0, 0.1) is 17.1 Å². The Balaban J connectivity index is 1.59. The first kappa shape index (κ1) is 22.9. The molecule has 37 heavy (non-hydrogen) atoms. The molecule has 6 rings (SSSR count). The largest absolute Gasteiger partial charge is 0.455 e. The Morgan fingerprint density at radius 3 is 2.11 bits per heavy atom. The third kappa shape index (κ3) is 3.73. The minimum Gasteiger partial charge on any atom is -0.455 e. The monoisotopic (exact) mass is 470 g/mol. The van der Waals surface area contributed by atoms with Gasteiger partial charge in [-0.3, -0.25) is 4.98 Å². The zero-order chi connectivity index (χ0) is 25.7. The van der Waals surface area contributed by atoms with E-state index in [-0.39, 0.29) is 22.2 Å². The molecule has 0 spiro atoms. The lowest BCUT2D eigenvalue weighted by Gasteiger charge is -2.12. The molecule has 7 heteroatoms. The maximum absolute atomic E-state index is 14.2. The van der Waals surface area contributed by atoms with Crippen LogP contribution in [0.25, 0.3) is 55.4 Å². The van der Waals surface area contributed by atoms with Gasteiger partial charge in [-0.1, -0.05) is 77.7 Å². The molecule has 6 radical (unpaired) electrons. The van der Waals surface area contributed by atoms with E-state index < -0.39 is 5.82 Å². The molecule has 0 aliphatic rings. The number of furan rings is 1. The molecule has 2 aromatic heterocycles. The number of rotatable bonds is 3. The van der Waals surface area contributed by atoms with E-state index in [2.05, 4.69) is 23.2 Å². The van der Waals surface area contributed by atoms with Crippen molar-refractivity contribution in [3.8, 4) is 39.6 Å². The lowest BCUT2D eigenvalue weighted by atomic mass is 9.76. The molecule has 0 saturated heterocycles. The van der Waals surface area contributed by atoms with Gasteiger partial charge in [0.2, 0.25) is 0 Å². The quantitative estimate of drug-likeness (QED) is 0.362. The molecule has 166 valence electrons. The van der Waals surface area contributed by atoms with Crippen molar-refractivity contribution < 1.29 is 8.81 Å². The van der Waals surface area contributed by atoms with E-state index in [1.807, 2.05) is 60.7 Å². The van der Waals surface area contributed by atoms with E-state index in [1.165, 1.54) is 0 Å². The van der Waals surface area contributed by atoms with Gasteiger partial charge in [0.15, 0.2) is 0 Å². The summed E-state index contributed by atoms with van der Waals surface area (Å²) in [6, 6.07) is 29.5. The highest BCUT2D eigenvalue weighted by Gasteiger charge is 2.20. The predicted molar refractivity (Wildman–Crippen MR) is 149 cm³/mol. The summed E-state index contributed by atoms with van der Waals surface area (Å²) in [6.45, 7) is 0. The molecular formula is C30H14B3FN2O. The van der Waals surface area contributed by atoms with Gasteiger partial charge in [0.25, 0.3) is 0 Å². The van der Waals surface area contributed by atoms with Crippen LogP contribution in [-0.4, -0.2) is 28.5 Å². The van der Waals surface area contributed by atoms with E-state index in [9.17, 15) is 9.65 Å². The Hall–Kier alpha value is -4.56. The van der Waals surface area contributed by atoms with Crippen molar-refractivity contribution in [1.82, 2.24) is 4.98 Å². The zero-order valence-electron chi connectivity index (χ0n) is 19.5. The second-order valence-corrected chi connectivity index (χ2v) is 8.73. The Labute approximate surface area is 216 Å². The van der Waals surface area contributed by atoms with E-state index in [4.69, 9.17) is 28.0 Å². The summed E-state index contributed by atoms with van der Waals surface area (Å²) in [4.78, 5) is 4.16. The molecule has 0 amide bonds. The van der Waals surface area contributed by atoms with Gasteiger partial charge in [0, 0.05) is 27.5 Å². The van der Waals surface area contributed by atoms with Gasteiger partial charge in [-0.05, 0) is 34.9 Å². The normalized spacial score (nSPS) is 11.1. The summed E-state index contributed by atoms with van der Waals surface area (Å²) in [5.41, 5.74) is 5.58. The first-order valence-corrected chi connectivity index (χ1v) is 11.5. The van der Waals surface area contributed by atoms with E-state index in [1.54, 1.807) is 12.1 Å². The van der Waals surface area contributed by atoms with Crippen LogP contribution in [0.3, 0.4) is 0 Å². The van der Waals surface area contributed by atoms with E-state index in [0.29, 0.717) is 22.3 Å². The van der Waals surface area contributed by atoms with Crippen LogP contribution in [0.1, 0.15) is 5.56 Å². The van der Waals surface area contributed by atoms with Crippen LogP contribution >= 0.6 is 0 Å². The molecule has 0 atom stereocenters.